The molecule has 0 fully saturated rings. The van der Waals surface area contributed by atoms with Gasteiger partial charge in [-0.05, 0) is 24.3 Å². The summed E-state index contributed by atoms with van der Waals surface area (Å²) in [7, 11) is 1.61. The first kappa shape index (κ1) is 11.4. The second kappa shape index (κ2) is 4.42. The zero-order valence-electron chi connectivity index (χ0n) is 9.01. The zero-order valence-corrected chi connectivity index (χ0v) is 9.77. The Labute approximate surface area is 102 Å². The molecule has 2 rings (SSSR count). The number of nitrogens with one attached hydrogen (secondary N) is 1. The molecule has 1 aromatic carbocycles. The molecule has 0 saturated carbocycles. The highest BCUT2D eigenvalue weighted by Crippen LogP contribution is 2.14. The molecule has 3 N–H and O–H groups in total. The summed E-state index contributed by atoms with van der Waals surface area (Å²) in [5.41, 5.74) is 6.10. The molecule has 0 saturated heterocycles. The van der Waals surface area contributed by atoms with E-state index in [-0.39, 0.29) is 11.8 Å². The van der Waals surface area contributed by atoms with Crippen LogP contribution in [0.3, 0.4) is 0 Å². The molecule has 0 spiro atoms. The SMILES string of the molecule is Cn1nc(C(=O)Nc2ccc(Cl)cc2)nc1N. The maximum absolute atomic E-state index is 11.7. The number of nitrogens with two attached hydrogens (primary N) is 1. The summed E-state index contributed by atoms with van der Waals surface area (Å²) in [4.78, 5) is 15.5. The molecule has 1 aromatic heterocycles. The maximum atomic E-state index is 11.7. The molecule has 1 heterocycles. The number of halogens is 1. The van der Waals surface area contributed by atoms with Gasteiger partial charge in [0.15, 0.2) is 0 Å². The maximum Gasteiger partial charge on any atom is 0.295 e. The Kier molecular flexibility index (Phi) is 2.97. The lowest BCUT2D eigenvalue weighted by molar-refractivity contribution is 0.101. The van der Waals surface area contributed by atoms with E-state index in [1.807, 2.05) is 0 Å². The Morgan fingerprint density at radius 2 is 2.06 bits per heavy atom. The summed E-state index contributed by atoms with van der Waals surface area (Å²) in [6.45, 7) is 0. The average molecular weight is 252 g/mol. The first-order chi connectivity index (χ1) is 8.06. The van der Waals surface area contributed by atoms with Crippen LogP contribution in [-0.4, -0.2) is 20.7 Å². The second-order valence-electron chi connectivity index (χ2n) is 3.38. The highest BCUT2D eigenvalue weighted by Gasteiger charge is 2.13. The van der Waals surface area contributed by atoms with Crippen LogP contribution in [0.15, 0.2) is 24.3 Å². The number of hydrogen-bond donors (Lipinski definition) is 2. The molecule has 6 nitrogen and oxygen atoms in total. The number of amides is 1. The molecule has 0 bridgehead atoms. The predicted octanol–water partition coefficient (Wildman–Crippen LogP) is 1.30. The smallest absolute Gasteiger partial charge is 0.295 e. The van der Waals surface area contributed by atoms with Crippen LogP contribution in [0.1, 0.15) is 10.6 Å². The van der Waals surface area contributed by atoms with Crippen LogP contribution < -0.4 is 11.1 Å². The number of aryl methyl sites for hydroxylation is 1. The first-order valence-corrected chi connectivity index (χ1v) is 5.17. The summed E-state index contributed by atoms with van der Waals surface area (Å²) in [6, 6.07) is 6.73. The Morgan fingerprint density at radius 3 is 2.59 bits per heavy atom. The van der Waals surface area contributed by atoms with Crippen molar-refractivity contribution in [3.63, 3.8) is 0 Å². The molecule has 0 atom stereocenters. The lowest BCUT2D eigenvalue weighted by Crippen LogP contribution is -2.14. The Morgan fingerprint density at radius 1 is 1.41 bits per heavy atom. The monoisotopic (exact) mass is 251 g/mol. The normalized spacial score (nSPS) is 10.2. The van der Waals surface area contributed by atoms with E-state index in [0.717, 1.165) is 0 Å². The topological polar surface area (TPSA) is 85.8 Å². The van der Waals surface area contributed by atoms with Crippen molar-refractivity contribution in [3.8, 4) is 0 Å². The Hall–Kier alpha value is -2.08. The summed E-state index contributed by atoms with van der Waals surface area (Å²) >= 11 is 5.73. The van der Waals surface area contributed by atoms with E-state index in [1.54, 1.807) is 31.3 Å². The summed E-state index contributed by atoms with van der Waals surface area (Å²) in [5, 5.41) is 7.10. The minimum atomic E-state index is -0.417. The van der Waals surface area contributed by atoms with Gasteiger partial charge in [-0.25, -0.2) is 4.68 Å². The number of nitrogens with zero attached hydrogens (tertiary/aromatic N) is 3. The lowest BCUT2D eigenvalue weighted by atomic mass is 10.3. The number of rotatable bonds is 2. The number of carbonyl (C=O) groups excluding carboxylic acids is 1. The quantitative estimate of drug-likeness (QED) is 0.842. The minimum Gasteiger partial charge on any atom is -0.368 e. The molecular formula is C10H10ClN5O. The van der Waals surface area contributed by atoms with Crippen molar-refractivity contribution in [2.75, 3.05) is 11.1 Å². The van der Waals surface area contributed by atoms with Gasteiger partial charge in [-0.1, -0.05) is 11.6 Å². The van der Waals surface area contributed by atoms with Gasteiger partial charge < -0.3 is 11.1 Å². The molecule has 88 valence electrons. The van der Waals surface area contributed by atoms with Gasteiger partial charge in [-0.2, -0.15) is 4.98 Å². The van der Waals surface area contributed by atoms with Crippen molar-refractivity contribution in [2.24, 2.45) is 7.05 Å². The van der Waals surface area contributed by atoms with Gasteiger partial charge in [0.2, 0.25) is 11.8 Å². The largest absolute Gasteiger partial charge is 0.368 e. The van der Waals surface area contributed by atoms with E-state index in [4.69, 9.17) is 17.3 Å². The number of nitrogen functional groups attached to an aromatic ring is 1. The second-order valence-corrected chi connectivity index (χ2v) is 3.81. The van der Waals surface area contributed by atoms with Gasteiger partial charge in [0.05, 0.1) is 0 Å². The molecule has 0 aliphatic heterocycles. The van der Waals surface area contributed by atoms with Crippen LogP contribution in [0, 0.1) is 0 Å². The Bertz CT molecular complexity index is 529. The van der Waals surface area contributed by atoms with Gasteiger partial charge in [0.1, 0.15) is 0 Å². The van der Waals surface area contributed by atoms with Crippen molar-refractivity contribution in [1.29, 1.82) is 0 Å². The molecule has 0 unspecified atom stereocenters. The van der Waals surface area contributed by atoms with E-state index in [9.17, 15) is 4.79 Å². The average Bonchev–Trinajstić information content (AvgIpc) is 2.63. The van der Waals surface area contributed by atoms with Crippen LogP contribution in [-0.2, 0) is 7.05 Å². The molecule has 0 aliphatic carbocycles. The van der Waals surface area contributed by atoms with Crippen LogP contribution in [0.5, 0.6) is 0 Å². The van der Waals surface area contributed by atoms with E-state index in [1.165, 1.54) is 4.68 Å². The highest BCUT2D eigenvalue weighted by molar-refractivity contribution is 6.30. The molecule has 0 aliphatic rings. The third-order valence-electron chi connectivity index (χ3n) is 2.10. The van der Waals surface area contributed by atoms with Crippen LogP contribution >= 0.6 is 11.6 Å². The highest BCUT2D eigenvalue weighted by atomic mass is 35.5. The molecule has 1 amide bonds. The molecular weight excluding hydrogens is 242 g/mol. The van der Waals surface area contributed by atoms with Crippen molar-refractivity contribution in [3.05, 3.63) is 35.1 Å². The summed E-state index contributed by atoms with van der Waals surface area (Å²) in [5.74, 6) is -0.203. The van der Waals surface area contributed by atoms with Crippen LogP contribution in [0.2, 0.25) is 5.02 Å². The van der Waals surface area contributed by atoms with E-state index in [0.29, 0.717) is 10.7 Å². The third kappa shape index (κ3) is 2.54. The predicted molar refractivity (Wildman–Crippen MR) is 64.8 cm³/mol. The van der Waals surface area contributed by atoms with Crippen LogP contribution in [0.4, 0.5) is 11.6 Å². The number of aromatic nitrogens is 3. The van der Waals surface area contributed by atoms with E-state index in [2.05, 4.69) is 15.4 Å². The van der Waals surface area contributed by atoms with Gasteiger partial charge in [-0.15, -0.1) is 5.10 Å². The van der Waals surface area contributed by atoms with Gasteiger partial charge in [-0.3, -0.25) is 4.79 Å². The van der Waals surface area contributed by atoms with Gasteiger partial charge in [0.25, 0.3) is 5.91 Å². The molecule has 2 aromatic rings. The van der Waals surface area contributed by atoms with Crippen LogP contribution in [0.25, 0.3) is 0 Å². The first-order valence-electron chi connectivity index (χ1n) is 4.79. The number of anilines is 2. The van der Waals surface area contributed by atoms with Gasteiger partial charge in [0, 0.05) is 17.8 Å². The minimum absolute atomic E-state index is 0.0277. The standard InChI is InChI=1S/C10H10ClN5O/c1-16-10(12)14-8(15-16)9(17)13-7-4-2-6(11)3-5-7/h2-5H,1H3,(H,13,17)(H2,12,14,15). The number of carbonyl (C=O) groups is 1. The molecule has 0 radical (unpaired) electrons. The summed E-state index contributed by atoms with van der Waals surface area (Å²) in [6.07, 6.45) is 0. The van der Waals surface area contributed by atoms with Crippen molar-refractivity contribution in [2.45, 2.75) is 0 Å². The van der Waals surface area contributed by atoms with E-state index >= 15 is 0 Å². The number of hydrogen-bond acceptors (Lipinski definition) is 4. The third-order valence-corrected chi connectivity index (χ3v) is 2.35. The lowest BCUT2D eigenvalue weighted by Gasteiger charge is -2.01. The summed E-state index contributed by atoms with van der Waals surface area (Å²) < 4.78 is 1.33. The fourth-order valence-electron chi connectivity index (χ4n) is 1.21. The van der Waals surface area contributed by atoms with E-state index < -0.39 is 5.91 Å². The Balaban J connectivity index is 2.14. The van der Waals surface area contributed by atoms with Crippen molar-refractivity contribution < 1.29 is 4.79 Å². The van der Waals surface area contributed by atoms with Crippen molar-refractivity contribution in [1.82, 2.24) is 14.8 Å². The van der Waals surface area contributed by atoms with Crippen molar-refractivity contribution >= 4 is 29.1 Å². The van der Waals surface area contributed by atoms with Gasteiger partial charge >= 0.3 is 0 Å². The fraction of sp³-hybridized carbons (Fsp3) is 0.100. The zero-order chi connectivity index (χ0) is 12.4. The molecule has 17 heavy (non-hydrogen) atoms. The fourth-order valence-corrected chi connectivity index (χ4v) is 1.34. The number of benzene rings is 1. The molecule has 7 heteroatoms.